The number of hydrogen-bond acceptors (Lipinski definition) is 7. The summed E-state index contributed by atoms with van der Waals surface area (Å²) in [5.41, 5.74) is 4.62. The zero-order valence-corrected chi connectivity index (χ0v) is 21.6. The maximum absolute atomic E-state index is 12.8. The first-order chi connectivity index (χ1) is 16.6. The monoisotopic (exact) mass is 514 g/mol. The van der Waals surface area contributed by atoms with Gasteiger partial charge in [-0.3, -0.25) is 9.25 Å². The van der Waals surface area contributed by atoms with E-state index in [4.69, 9.17) is 21.3 Å². The Bertz CT molecular complexity index is 1540. The predicted octanol–water partition coefficient (Wildman–Crippen LogP) is 4.95. The molecule has 1 fully saturated rings. The van der Waals surface area contributed by atoms with E-state index in [1.165, 1.54) is 6.26 Å². The lowest BCUT2D eigenvalue weighted by Gasteiger charge is -2.25. The van der Waals surface area contributed by atoms with Crippen LogP contribution in [0.5, 0.6) is 0 Å². The summed E-state index contributed by atoms with van der Waals surface area (Å²) in [6.07, 6.45) is 5.90. The molecule has 5 rings (SSSR count). The maximum atomic E-state index is 12.8. The normalized spacial score (nSPS) is 16.7. The van der Waals surface area contributed by atoms with Crippen LogP contribution >= 0.6 is 11.6 Å². The third kappa shape index (κ3) is 4.53. The first-order valence-electron chi connectivity index (χ1n) is 11.4. The lowest BCUT2D eigenvalue weighted by molar-refractivity contribution is -0.0309. The van der Waals surface area contributed by atoms with Gasteiger partial charge in [0, 0.05) is 37.7 Å². The Morgan fingerprint density at radius 2 is 1.94 bits per heavy atom. The molecule has 0 bridgehead atoms. The van der Waals surface area contributed by atoms with E-state index in [0.29, 0.717) is 29.1 Å². The van der Waals surface area contributed by atoms with Gasteiger partial charge in [0.05, 0.1) is 22.0 Å². The van der Waals surface area contributed by atoms with Crippen molar-refractivity contribution < 1.29 is 13.2 Å². The van der Waals surface area contributed by atoms with Gasteiger partial charge in [0.25, 0.3) is 0 Å². The molecule has 1 atom stereocenters. The number of fused-ring (bicyclic) bond motifs is 1. The van der Waals surface area contributed by atoms with Crippen LogP contribution in [0.25, 0.3) is 22.4 Å². The molecule has 1 unspecified atom stereocenters. The Morgan fingerprint density at radius 3 is 2.60 bits per heavy atom. The quantitative estimate of drug-likeness (QED) is 0.376. The van der Waals surface area contributed by atoms with E-state index in [1.807, 2.05) is 37.7 Å². The van der Waals surface area contributed by atoms with Crippen molar-refractivity contribution in [2.75, 3.05) is 18.2 Å². The summed E-state index contributed by atoms with van der Waals surface area (Å²) in [5.74, 6) is 0.758. The molecule has 9 nitrogen and oxygen atoms in total. The van der Waals surface area contributed by atoms with E-state index < -0.39 is 9.84 Å². The molecule has 1 saturated heterocycles. The number of halogens is 1. The number of aryl methyl sites for hydroxylation is 3. The number of nitrogens with one attached hydrogen (secondary N) is 1. The number of benzene rings is 1. The Kier molecular flexibility index (Phi) is 6.06. The Morgan fingerprint density at radius 1 is 1.14 bits per heavy atom. The predicted molar refractivity (Wildman–Crippen MR) is 136 cm³/mol. The van der Waals surface area contributed by atoms with Gasteiger partial charge in [0.1, 0.15) is 22.7 Å². The highest BCUT2D eigenvalue weighted by Crippen LogP contribution is 2.36. The number of ether oxygens (including phenoxy) is 1. The van der Waals surface area contributed by atoms with Gasteiger partial charge in [-0.2, -0.15) is 5.10 Å². The number of sulfone groups is 1. The number of aromatic nitrogens is 5. The lowest BCUT2D eigenvalue weighted by atomic mass is 10.1. The summed E-state index contributed by atoms with van der Waals surface area (Å²) in [7, 11) is -1.73. The van der Waals surface area contributed by atoms with Crippen molar-refractivity contribution in [1.82, 2.24) is 24.3 Å². The van der Waals surface area contributed by atoms with Crippen LogP contribution in [0.3, 0.4) is 0 Å². The van der Waals surface area contributed by atoms with Crippen LogP contribution in [-0.2, 0) is 21.6 Å². The van der Waals surface area contributed by atoms with Crippen molar-refractivity contribution >= 4 is 44.0 Å². The average molecular weight is 515 g/mol. The molecule has 1 aliphatic rings. The van der Waals surface area contributed by atoms with E-state index in [2.05, 4.69) is 15.4 Å². The van der Waals surface area contributed by atoms with Gasteiger partial charge in [-0.05, 0) is 50.8 Å². The summed E-state index contributed by atoms with van der Waals surface area (Å²) >= 11 is 6.40. The van der Waals surface area contributed by atoms with Crippen LogP contribution < -0.4 is 5.32 Å². The van der Waals surface area contributed by atoms with Crippen LogP contribution in [0.4, 0.5) is 11.4 Å². The highest BCUT2D eigenvalue weighted by atomic mass is 35.5. The first kappa shape index (κ1) is 23.8. The topological polar surface area (TPSA) is 104 Å². The molecule has 1 N–H and O–H groups in total. The van der Waals surface area contributed by atoms with Gasteiger partial charge in [0.2, 0.25) is 0 Å². The molecule has 4 aromatic rings. The smallest absolute Gasteiger partial charge is 0.177 e. The summed E-state index contributed by atoms with van der Waals surface area (Å²) in [6, 6.07) is 6.90. The third-order valence-electron chi connectivity index (χ3n) is 6.17. The summed E-state index contributed by atoms with van der Waals surface area (Å²) in [4.78, 5) is 9.42. The summed E-state index contributed by atoms with van der Waals surface area (Å²) in [5, 5.41) is 8.01. The largest absolute Gasteiger partial charge is 0.358 e. The fourth-order valence-electron chi connectivity index (χ4n) is 4.63. The number of hydrogen-bond donors (Lipinski definition) is 1. The number of rotatable bonds is 5. The molecule has 1 aromatic carbocycles. The van der Waals surface area contributed by atoms with Crippen LogP contribution in [0, 0.1) is 13.8 Å². The number of imidazole rings is 1. The molecule has 4 heterocycles. The molecule has 11 heteroatoms. The van der Waals surface area contributed by atoms with Gasteiger partial charge in [0.15, 0.2) is 15.5 Å². The molecule has 0 spiro atoms. The average Bonchev–Trinajstić information content (AvgIpc) is 3.31. The van der Waals surface area contributed by atoms with E-state index >= 15 is 0 Å². The number of anilines is 2. The van der Waals surface area contributed by atoms with Crippen molar-refractivity contribution in [3.8, 4) is 11.3 Å². The Balaban J connectivity index is 1.61. The van der Waals surface area contributed by atoms with E-state index in [-0.39, 0.29) is 16.3 Å². The van der Waals surface area contributed by atoms with E-state index in [9.17, 15) is 8.42 Å². The Labute approximate surface area is 209 Å². The number of nitrogens with zero attached hydrogens (tertiary/aromatic N) is 5. The molecule has 0 aliphatic carbocycles. The lowest BCUT2D eigenvalue weighted by Crippen LogP contribution is -2.19. The first-order valence-corrected chi connectivity index (χ1v) is 13.7. The fourth-order valence-corrected chi connectivity index (χ4v) is 5.67. The second-order valence-electron chi connectivity index (χ2n) is 8.96. The molecule has 0 amide bonds. The van der Waals surface area contributed by atoms with Crippen molar-refractivity contribution in [2.45, 2.75) is 44.2 Å². The third-order valence-corrected chi connectivity index (χ3v) is 7.50. The zero-order valence-electron chi connectivity index (χ0n) is 20.0. The standard InChI is InChI=1S/C24H27ClN6O3S/c1-14-13-30(3)29-22(14)16-8-9-17(19(11-16)35(4,32)33)27-18-12-20(25)28-24-23(18)26-15(2)31(24)21-7-5-6-10-34-21/h8-9,11-13,21H,5-7,10H2,1-4H3,(H,27,28). The van der Waals surface area contributed by atoms with Crippen LogP contribution in [-0.4, -0.2) is 45.6 Å². The maximum Gasteiger partial charge on any atom is 0.177 e. The zero-order chi connectivity index (χ0) is 24.9. The van der Waals surface area contributed by atoms with Crippen LogP contribution in [0.15, 0.2) is 35.4 Å². The molecule has 3 aromatic heterocycles. The second-order valence-corrected chi connectivity index (χ2v) is 11.3. The minimum atomic E-state index is -3.56. The molecular weight excluding hydrogens is 488 g/mol. The van der Waals surface area contributed by atoms with Gasteiger partial charge in [-0.1, -0.05) is 17.7 Å². The molecule has 184 valence electrons. The van der Waals surface area contributed by atoms with Crippen molar-refractivity contribution in [3.63, 3.8) is 0 Å². The molecule has 0 saturated carbocycles. The van der Waals surface area contributed by atoms with Crippen molar-refractivity contribution in [3.05, 3.63) is 47.0 Å². The summed E-state index contributed by atoms with van der Waals surface area (Å²) < 4.78 is 35.2. The fraction of sp³-hybridized carbons (Fsp3) is 0.375. The molecular formula is C24H27ClN6O3S. The van der Waals surface area contributed by atoms with Crippen LogP contribution in [0.2, 0.25) is 5.15 Å². The molecule has 35 heavy (non-hydrogen) atoms. The molecule has 1 aliphatic heterocycles. The van der Waals surface area contributed by atoms with E-state index in [0.717, 1.165) is 41.9 Å². The number of pyridine rings is 1. The van der Waals surface area contributed by atoms with Crippen molar-refractivity contribution in [2.24, 2.45) is 7.05 Å². The van der Waals surface area contributed by atoms with Gasteiger partial charge in [-0.15, -0.1) is 0 Å². The molecule has 0 radical (unpaired) electrons. The summed E-state index contributed by atoms with van der Waals surface area (Å²) in [6.45, 7) is 4.54. The Hall–Kier alpha value is -2.95. The van der Waals surface area contributed by atoms with E-state index in [1.54, 1.807) is 22.9 Å². The van der Waals surface area contributed by atoms with Gasteiger partial charge in [-0.25, -0.2) is 18.4 Å². The highest BCUT2D eigenvalue weighted by Gasteiger charge is 2.24. The second kappa shape index (κ2) is 8.92. The van der Waals surface area contributed by atoms with Crippen molar-refractivity contribution in [1.29, 1.82) is 0 Å². The minimum absolute atomic E-state index is 0.153. The SMILES string of the molecule is Cc1cn(C)nc1-c1ccc(Nc2cc(Cl)nc3c2nc(C)n3C2CCCCO2)c(S(C)(=O)=O)c1. The minimum Gasteiger partial charge on any atom is -0.358 e. The highest BCUT2D eigenvalue weighted by molar-refractivity contribution is 7.90. The van der Waals surface area contributed by atoms with Gasteiger partial charge >= 0.3 is 0 Å². The van der Waals surface area contributed by atoms with Crippen LogP contribution in [0.1, 0.15) is 36.9 Å². The van der Waals surface area contributed by atoms with Gasteiger partial charge < -0.3 is 10.1 Å².